The molecule has 6 nitrogen and oxygen atoms in total. The van der Waals surface area contributed by atoms with Crippen molar-refractivity contribution >= 4 is 16.0 Å². The number of piperidine rings is 1. The van der Waals surface area contributed by atoms with Gasteiger partial charge in [-0.3, -0.25) is 9.69 Å². The van der Waals surface area contributed by atoms with Gasteiger partial charge in [0.25, 0.3) is 0 Å². The Hall–Kier alpha value is -0.660. The molecule has 124 valence electrons. The number of aliphatic carboxylic acids is 1. The van der Waals surface area contributed by atoms with Crippen LogP contribution in [0.3, 0.4) is 0 Å². The standard InChI is InChI=1S/C14H28N2O4S/c1-4-12(3)10-15(11-14(17)18)13-6-8-16(9-7-13)21(19,20)5-2/h12-13H,4-11H2,1-3H3,(H,17,18). The Morgan fingerprint density at radius 1 is 1.33 bits per heavy atom. The Labute approximate surface area is 128 Å². The molecule has 0 spiro atoms. The number of rotatable bonds is 8. The topological polar surface area (TPSA) is 77.9 Å². The predicted octanol–water partition coefficient (Wildman–Crippen LogP) is 1.23. The van der Waals surface area contributed by atoms with Crippen molar-refractivity contribution in [1.29, 1.82) is 0 Å². The smallest absolute Gasteiger partial charge is 0.317 e. The molecule has 0 radical (unpaired) electrons. The maximum absolute atomic E-state index is 11.9. The Morgan fingerprint density at radius 2 is 1.90 bits per heavy atom. The van der Waals surface area contributed by atoms with Gasteiger partial charge in [-0.05, 0) is 25.7 Å². The minimum atomic E-state index is -3.12. The molecular formula is C14H28N2O4S. The highest BCUT2D eigenvalue weighted by Crippen LogP contribution is 2.20. The van der Waals surface area contributed by atoms with Crippen LogP contribution in [-0.2, 0) is 14.8 Å². The minimum absolute atomic E-state index is 0.0372. The van der Waals surface area contributed by atoms with Crippen molar-refractivity contribution in [3.63, 3.8) is 0 Å². The minimum Gasteiger partial charge on any atom is -0.480 e. The lowest BCUT2D eigenvalue weighted by atomic mass is 10.0. The van der Waals surface area contributed by atoms with Crippen molar-refractivity contribution in [2.24, 2.45) is 5.92 Å². The van der Waals surface area contributed by atoms with E-state index in [1.165, 1.54) is 4.31 Å². The van der Waals surface area contributed by atoms with E-state index < -0.39 is 16.0 Å². The average molecular weight is 320 g/mol. The summed E-state index contributed by atoms with van der Waals surface area (Å²) in [6, 6.07) is 0.165. The molecule has 1 unspecified atom stereocenters. The van der Waals surface area contributed by atoms with Gasteiger partial charge >= 0.3 is 5.97 Å². The van der Waals surface area contributed by atoms with Crippen LogP contribution in [0.1, 0.15) is 40.0 Å². The van der Waals surface area contributed by atoms with Gasteiger partial charge in [-0.25, -0.2) is 12.7 Å². The first kappa shape index (κ1) is 18.4. The molecule has 1 fully saturated rings. The van der Waals surface area contributed by atoms with Crippen LogP contribution in [0.2, 0.25) is 0 Å². The molecule has 0 aromatic rings. The van der Waals surface area contributed by atoms with Gasteiger partial charge in [-0.2, -0.15) is 0 Å². The van der Waals surface area contributed by atoms with E-state index in [0.717, 1.165) is 13.0 Å². The van der Waals surface area contributed by atoms with Crippen LogP contribution in [0.4, 0.5) is 0 Å². The number of hydrogen-bond donors (Lipinski definition) is 1. The van der Waals surface area contributed by atoms with Gasteiger partial charge in [0.2, 0.25) is 10.0 Å². The SMILES string of the molecule is CCC(C)CN(CC(=O)O)C1CCN(S(=O)(=O)CC)CC1. The number of carboxylic acid groups (broad SMARTS) is 1. The molecule has 0 bridgehead atoms. The predicted molar refractivity (Wildman–Crippen MR) is 82.7 cm³/mol. The van der Waals surface area contributed by atoms with Crippen LogP contribution in [-0.4, -0.2) is 66.7 Å². The molecule has 0 saturated carbocycles. The Balaban J connectivity index is 2.64. The van der Waals surface area contributed by atoms with Crippen molar-refractivity contribution in [2.75, 3.05) is 31.9 Å². The molecule has 1 aliphatic rings. The summed E-state index contributed by atoms with van der Waals surface area (Å²) in [5.74, 6) is -0.243. The molecule has 1 heterocycles. The first-order valence-electron chi connectivity index (χ1n) is 7.73. The highest BCUT2D eigenvalue weighted by molar-refractivity contribution is 7.89. The largest absolute Gasteiger partial charge is 0.480 e. The Morgan fingerprint density at radius 3 is 2.33 bits per heavy atom. The van der Waals surface area contributed by atoms with Crippen LogP contribution in [0, 0.1) is 5.92 Å². The van der Waals surface area contributed by atoms with Gasteiger partial charge < -0.3 is 5.11 Å². The van der Waals surface area contributed by atoms with Crippen molar-refractivity contribution < 1.29 is 18.3 Å². The lowest BCUT2D eigenvalue weighted by Gasteiger charge is -2.38. The third-order valence-electron chi connectivity index (χ3n) is 4.28. The summed E-state index contributed by atoms with van der Waals surface area (Å²) in [6.45, 7) is 7.66. The first-order valence-corrected chi connectivity index (χ1v) is 9.34. The van der Waals surface area contributed by atoms with E-state index in [-0.39, 0.29) is 18.3 Å². The number of carbonyl (C=O) groups is 1. The van der Waals surface area contributed by atoms with E-state index in [1.807, 2.05) is 4.90 Å². The molecule has 0 aromatic carbocycles. The van der Waals surface area contributed by atoms with Crippen molar-refractivity contribution in [3.05, 3.63) is 0 Å². The maximum atomic E-state index is 11.9. The summed E-state index contributed by atoms with van der Waals surface area (Å²) in [5, 5.41) is 9.07. The van der Waals surface area contributed by atoms with E-state index in [9.17, 15) is 13.2 Å². The molecule has 1 aliphatic heterocycles. The Bertz CT molecular complexity index is 430. The lowest BCUT2D eigenvalue weighted by Crippen LogP contribution is -2.49. The fourth-order valence-electron chi connectivity index (χ4n) is 2.71. The molecule has 21 heavy (non-hydrogen) atoms. The summed E-state index contributed by atoms with van der Waals surface area (Å²) < 4.78 is 25.2. The third kappa shape index (κ3) is 5.56. The number of carboxylic acids is 1. The second-order valence-electron chi connectivity index (χ2n) is 5.87. The van der Waals surface area contributed by atoms with Crippen molar-refractivity contribution in [1.82, 2.24) is 9.21 Å². The van der Waals surface area contributed by atoms with Crippen LogP contribution in [0.25, 0.3) is 0 Å². The highest BCUT2D eigenvalue weighted by atomic mass is 32.2. The summed E-state index contributed by atoms with van der Waals surface area (Å²) >= 11 is 0. The van der Waals surface area contributed by atoms with Crippen LogP contribution in [0.15, 0.2) is 0 Å². The van der Waals surface area contributed by atoms with Gasteiger partial charge in [0.1, 0.15) is 0 Å². The van der Waals surface area contributed by atoms with Gasteiger partial charge in [0.15, 0.2) is 0 Å². The zero-order chi connectivity index (χ0) is 16.0. The molecule has 1 atom stereocenters. The second-order valence-corrected chi connectivity index (χ2v) is 8.12. The van der Waals surface area contributed by atoms with E-state index in [2.05, 4.69) is 13.8 Å². The zero-order valence-electron chi connectivity index (χ0n) is 13.3. The zero-order valence-corrected chi connectivity index (χ0v) is 14.1. The monoisotopic (exact) mass is 320 g/mol. The van der Waals surface area contributed by atoms with Gasteiger partial charge in [-0.1, -0.05) is 20.3 Å². The second kappa shape index (κ2) is 8.10. The van der Waals surface area contributed by atoms with Crippen LogP contribution in [0.5, 0.6) is 0 Å². The summed E-state index contributed by atoms with van der Waals surface area (Å²) in [5.41, 5.74) is 0. The summed E-state index contributed by atoms with van der Waals surface area (Å²) in [7, 11) is -3.12. The normalized spacial score (nSPS) is 19.8. The maximum Gasteiger partial charge on any atom is 0.317 e. The van der Waals surface area contributed by atoms with Crippen LogP contribution >= 0.6 is 0 Å². The van der Waals surface area contributed by atoms with Gasteiger partial charge in [0, 0.05) is 25.7 Å². The number of hydrogen-bond acceptors (Lipinski definition) is 4. The number of nitrogens with zero attached hydrogens (tertiary/aromatic N) is 2. The van der Waals surface area contributed by atoms with Crippen molar-refractivity contribution in [3.8, 4) is 0 Å². The van der Waals surface area contributed by atoms with Gasteiger partial charge in [-0.15, -0.1) is 0 Å². The van der Waals surface area contributed by atoms with E-state index >= 15 is 0 Å². The molecule has 1 rings (SSSR count). The highest BCUT2D eigenvalue weighted by Gasteiger charge is 2.30. The van der Waals surface area contributed by atoms with Gasteiger partial charge in [0.05, 0.1) is 12.3 Å². The van der Waals surface area contributed by atoms with E-state index in [1.54, 1.807) is 6.92 Å². The molecule has 0 amide bonds. The fraction of sp³-hybridized carbons (Fsp3) is 0.929. The molecule has 7 heteroatoms. The third-order valence-corrected chi connectivity index (χ3v) is 6.16. The molecule has 0 aliphatic carbocycles. The average Bonchev–Trinajstić information content (AvgIpc) is 2.46. The molecular weight excluding hydrogens is 292 g/mol. The summed E-state index contributed by atoms with van der Waals surface area (Å²) in [6.07, 6.45) is 2.44. The van der Waals surface area contributed by atoms with Crippen LogP contribution < -0.4 is 0 Å². The molecule has 0 aromatic heterocycles. The van der Waals surface area contributed by atoms with Crippen molar-refractivity contribution in [2.45, 2.75) is 46.1 Å². The van der Waals surface area contributed by atoms with E-state index in [4.69, 9.17) is 5.11 Å². The fourth-order valence-corrected chi connectivity index (χ4v) is 3.85. The lowest BCUT2D eigenvalue weighted by molar-refractivity contribution is -0.139. The molecule has 1 N–H and O–H groups in total. The molecule has 1 saturated heterocycles. The Kier molecular flexibility index (Phi) is 7.09. The summed E-state index contributed by atoms with van der Waals surface area (Å²) in [4.78, 5) is 13.1. The van der Waals surface area contributed by atoms with E-state index in [0.29, 0.717) is 31.8 Å². The quantitative estimate of drug-likeness (QED) is 0.728. The number of sulfonamides is 1. The first-order chi connectivity index (χ1) is 9.80.